The van der Waals surface area contributed by atoms with Crippen molar-refractivity contribution in [3.63, 3.8) is 0 Å². The molecule has 0 saturated carbocycles. The van der Waals surface area contributed by atoms with Gasteiger partial charge >= 0.3 is 0 Å². The van der Waals surface area contributed by atoms with Gasteiger partial charge in [-0.15, -0.1) is 0 Å². The Hall–Kier alpha value is -1.47. The lowest BCUT2D eigenvalue weighted by Gasteiger charge is -2.34. The van der Waals surface area contributed by atoms with Gasteiger partial charge in [0.25, 0.3) is 0 Å². The molecule has 2 fully saturated rings. The smallest absolute Gasteiger partial charge is 0.220 e. The number of hydrogen-bond donors (Lipinski definition) is 3. The molecule has 28 heavy (non-hydrogen) atoms. The van der Waals surface area contributed by atoms with Crippen molar-refractivity contribution in [1.82, 2.24) is 26.0 Å². The van der Waals surface area contributed by atoms with Gasteiger partial charge in [-0.25, -0.2) is 5.43 Å². The summed E-state index contributed by atoms with van der Waals surface area (Å²) in [5, 5.41) is 3.03. The minimum absolute atomic E-state index is 0.207. The Balaban J connectivity index is 1.34. The van der Waals surface area contributed by atoms with Gasteiger partial charge in [-0.1, -0.05) is 30.3 Å². The largest absolute Gasteiger partial charge is 0.355 e. The standard InChI is InChI=1S/C22H37N5O/c1-26(2)15-12-23-21(28)9-8-18-10-13-27(14-11-18)17-20-16-24-25-22(20)19-6-4-3-5-7-19/h3-7,18,20,22,24-25H,8-17H2,1-2H3,(H,23,28). The van der Waals surface area contributed by atoms with E-state index in [0.29, 0.717) is 24.3 Å². The van der Waals surface area contributed by atoms with Crippen LogP contribution in [0, 0.1) is 11.8 Å². The summed E-state index contributed by atoms with van der Waals surface area (Å²) < 4.78 is 0. The third-order valence-corrected chi connectivity index (χ3v) is 6.11. The molecule has 2 aliphatic rings. The van der Waals surface area contributed by atoms with E-state index >= 15 is 0 Å². The summed E-state index contributed by atoms with van der Waals surface area (Å²) in [4.78, 5) is 16.7. The highest BCUT2D eigenvalue weighted by atomic mass is 16.1. The maximum absolute atomic E-state index is 12.0. The van der Waals surface area contributed by atoms with Crippen molar-refractivity contribution in [3.05, 3.63) is 35.9 Å². The van der Waals surface area contributed by atoms with Gasteiger partial charge in [-0.2, -0.15) is 0 Å². The molecular formula is C22H37N5O. The number of likely N-dealkylation sites (N-methyl/N-ethyl adjacent to an activating group) is 1. The molecule has 2 saturated heterocycles. The van der Waals surface area contributed by atoms with Crippen molar-refractivity contribution >= 4 is 5.91 Å². The summed E-state index contributed by atoms with van der Waals surface area (Å²) in [5.41, 5.74) is 8.17. The normalized spacial score (nSPS) is 24.0. The van der Waals surface area contributed by atoms with E-state index in [1.54, 1.807) is 0 Å². The molecule has 0 aliphatic carbocycles. The maximum Gasteiger partial charge on any atom is 0.220 e. The molecule has 6 nitrogen and oxygen atoms in total. The second kappa shape index (κ2) is 10.9. The van der Waals surface area contributed by atoms with Crippen LogP contribution in [0.1, 0.15) is 37.3 Å². The molecule has 2 unspecified atom stereocenters. The highest BCUT2D eigenvalue weighted by Crippen LogP contribution is 2.28. The number of carbonyl (C=O) groups excluding carboxylic acids is 1. The lowest BCUT2D eigenvalue weighted by atomic mass is 9.90. The van der Waals surface area contributed by atoms with Crippen LogP contribution in [0.2, 0.25) is 0 Å². The molecule has 1 amide bonds. The Morgan fingerprint density at radius 3 is 2.68 bits per heavy atom. The molecule has 2 heterocycles. The van der Waals surface area contributed by atoms with Crippen LogP contribution >= 0.6 is 0 Å². The number of hydrogen-bond acceptors (Lipinski definition) is 5. The maximum atomic E-state index is 12.0. The zero-order chi connectivity index (χ0) is 19.8. The van der Waals surface area contributed by atoms with Crippen molar-refractivity contribution in [2.45, 2.75) is 31.7 Å². The first-order chi connectivity index (χ1) is 13.6. The summed E-state index contributed by atoms with van der Waals surface area (Å²) in [5.74, 6) is 1.50. The number of piperidine rings is 1. The zero-order valence-electron chi connectivity index (χ0n) is 17.5. The molecular weight excluding hydrogens is 350 g/mol. The lowest BCUT2D eigenvalue weighted by molar-refractivity contribution is -0.121. The number of benzene rings is 1. The first kappa shape index (κ1) is 21.2. The summed E-state index contributed by atoms with van der Waals surface area (Å²) in [7, 11) is 4.05. The molecule has 6 heteroatoms. The zero-order valence-corrected chi connectivity index (χ0v) is 17.5. The molecule has 0 bridgehead atoms. The number of nitrogens with one attached hydrogen (secondary N) is 3. The Kier molecular flexibility index (Phi) is 8.27. The first-order valence-electron chi connectivity index (χ1n) is 10.8. The molecule has 0 spiro atoms. The Morgan fingerprint density at radius 2 is 1.96 bits per heavy atom. The lowest BCUT2D eigenvalue weighted by Crippen LogP contribution is -2.39. The average Bonchev–Trinajstić information content (AvgIpc) is 3.16. The number of carbonyl (C=O) groups is 1. The van der Waals surface area contributed by atoms with E-state index in [9.17, 15) is 4.79 Å². The van der Waals surface area contributed by atoms with Crippen molar-refractivity contribution < 1.29 is 4.79 Å². The number of amides is 1. The quantitative estimate of drug-likeness (QED) is 0.601. The number of nitrogens with zero attached hydrogens (tertiary/aromatic N) is 2. The van der Waals surface area contributed by atoms with Gasteiger partial charge in [0.15, 0.2) is 0 Å². The van der Waals surface area contributed by atoms with Gasteiger partial charge in [0, 0.05) is 38.5 Å². The van der Waals surface area contributed by atoms with Crippen LogP contribution < -0.4 is 16.2 Å². The molecule has 2 atom stereocenters. The van der Waals surface area contributed by atoms with E-state index < -0.39 is 0 Å². The SMILES string of the molecule is CN(C)CCNC(=O)CCC1CCN(CC2CNNC2c2ccccc2)CC1. The minimum atomic E-state index is 0.207. The van der Waals surface area contributed by atoms with Crippen molar-refractivity contribution in [2.24, 2.45) is 11.8 Å². The highest BCUT2D eigenvalue weighted by Gasteiger charge is 2.31. The van der Waals surface area contributed by atoms with E-state index in [0.717, 1.165) is 45.7 Å². The number of likely N-dealkylation sites (tertiary alicyclic amines) is 1. The highest BCUT2D eigenvalue weighted by molar-refractivity contribution is 5.75. The van der Waals surface area contributed by atoms with Crippen LogP contribution in [0.25, 0.3) is 0 Å². The van der Waals surface area contributed by atoms with E-state index in [1.165, 1.54) is 18.4 Å². The molecule has 3 rings (SSSR count). The van der Waals surface area contributed by atoms with Crippen LogP contribution in [0.4, 0.5) is 0 Å². The fraction of sp³-hybridized carbons (Fsp3) is 0.682. The number of hydrazine groups is 1. The molecule has 0 radical (unpaired) electrons. The average molecular weight is 388 g/mol. The molecule has 1 aromatic rings. The molecule has 0 aromatic heterocycles. The summed E-state index contributed by atoms with van der Waals surface area (Å²) >= 11 is 0. The monoisotopic (exact) mass is 387 g/mol. The van der Waals surface area contributed by atoms with Gasteiger partial charge in [-0.05, 0) is 57.9 Å². The summed E-state index contributed by atoms with van der Waals surface area (Å²) in [6, 6.07) is 11.1. The van der Waals surface area contributed by atoms with Gasteiger partial charge in [0.2, 0.25) is 5.91 Å². The van der Waals surface area contributed by atoms with Gasteiger partial charge in [0.1, 0.15) is 0 Å². The van der Waals surface area contributed by atoms with Gasteiger partial charge in [-0.3, -0.25) is 10.2 Å². The molecule has 156 valence electrons. The third kappa shape index (κ3) is 6.55. The minimum Gasteiger partial charge on any atom is -0.355 e. The van der Waals surface area contributed by atoms with Crippen LogP contribution in [-0.4, -0.2) is 69.1 Å². The van der Waals surface area contributed by atoms with Crippen LogP contribution in [0.5, 0.6) is 0 Å². The van der Waals surface area contributed by atoms with Crippen LogP contribution in [0.3, 0.4) is 0 Å². The molecule has 3 N–H and O–H groups in total. The topological polar surface area (TPSA) is 59.6 Å². The second-order valence-electron chi connectivity index (χ2n) is 8.61. The van der Waals surface area contributed by atoms with Gasteiger partial charge in [0.05, 0.1) is 6.04 Å². The Labute approximate surface area is 170 Å². The van der Waals surface area contributed by atoms with Crippen LogP contribution in [0.15, 0.2) is 30.3 Å². The van der Waals surface area contributed by atoms with Crippen molar-refractivity contribution in [2.75, 3.05) is 53.4 Å². The Bertz CT molecular complexity index is 586. The van der Waals surface area contributed by atoms with Crippen LogP contribution in [-0.2, 0) is 4.79 Å². The molecule has 2 aliphatic heterocycles. The fourth-order valence-corrected chi connectivity index (χ4v) is 4.35. The van der Waals surface area contributed by atoms with E-state index in [2.05, 4.69) is 56.3 Å². The first-order valence-corrected chi connectivity index (χ1v) is 10.8. The number of rotatable bonds is 9. The van der Waals surface area contributed by atoms with Crippen molar-refractivity contribution in [1.29, 1.82) is 0 Å². The fourth-order valence-electron chi connectivity index (χ4n) is 4.35. The third-order valence-electron chi connectivity index (χ3n) is 6.11. The predicted molar refractivity (Wildman–Crippen MR) is 114 cm³/mol. The van der Waals surface area contributed by atoms with Gasteiger partial charge < -0.3 is 15.1 Å². The molecule has 1 aromatic carbocycles. The van der Waals surface area contributed by atoms with E-state index in [-0.39, 0.29) is 5.91 Å². The summed E-state index contributed by atoms with van der Waals surface area (Å²) in [6.45, 7) is 6.12. The van der Waals surface area contributed by atoms with E-state index in [1.807, 2.05) is 14.1 Å². The predicted octanol–water partition coefficient (Wildman–Crippen LogP) is 1.62. The summed E-state index contributed by atoms with van der Waals surface area (Å²) in [6.07, 6.45) is 4.13. The Morgan fingerprint density at radius 1 is 1.21 bits per heavy atom. The van der Waals surface area contributed by atoms with E-state index in [4.69, 9.17) is 0 Å². The second-order valence-corrected chi connectivity index (χ2v) is 8.61. The van der Waals surface area contributed by atoms with Crippen molar-refractivity contribution in [3.8, 4) is 0 Å².